The van der Waals surface area contributed by atoms with Crippen molar-refractivity contribution in [2.24, 2.45) is 5.41 Å². The molecule has 0 aliphatic carbocycles. The van der Waals surface area contributed by atoms with Crippen LogP contribution in [0.15, 0.2) is 54.6 Å². The van der Waals surface area contributed by atoms with E-state index in [0.29, 0.717) is 11.3 Å². The summed E-state index contributed by atoms with van der Waals surface area (Å²) < 4.78 is 0. The Morgan fingerprint density at radius 1 is 1.00 bits per heavy atom. The fraction of sp³-hybridized carbons (Fsp3) is 0.273. The molecule has 6 heteroatoms. The van der Waals surface area contributed by atoms with Gasteiger partial charge in [0, 0.05) is 16.5 Å². The molecule has 0 aliphatic rings. The SMILES string of the molecule is C.CC(C)(C)C(NC(=O)c1cc2ccccc2[nH]1)c1ccc(C(=O)NO)cc1. The highest BCUT2D eigenvalue weighted by molar-refractivity contribution is 5.98. The highest BCUT2D eigenvalue weighted by atomic mass is 16.5. The van der Waals surface area contributed by atoms with Gasteiger partial charge in [0.1, 0.15) is 5.69 Å². The van der Waals surface area contributed by atoms with E-state index in [1.807, 2.05) is 51.1 Å². The molecule has 0 fully saturated rings. The Balaban J connectivity index is 0.00000280. The van der Waals surface area contributed by atoms with Crippen LogP contribution in [0, 0.1) is 5.41 Å². The Kier molecular flexibility index (Phi) is 6.26. The van der Waals surface area contributed by atoms with Gasteiger partial charge >= 0.3 is 0 Å². The Bertz CT molecular complexity index is 936. The second-order valence-electron chi connectivity index (χ2n) is 7.61. The molecule has 0 aliphatic heterocycles. The minimum absolute atomic E-state index is 0. The molecule has 0 saturated heterocycles. The number of amides is 2. The number of hydroxylamine groups is 1. The third kappa shape index (κ3) is 4.40. The van der Waals surface area contributed by atoms with Gasteiger partial charge in [0.2, 0.25) is 0 Å². The van der Waals surface area contributed by atoms with Crippen LogP contribution in [0.3, 0.4) is 0 Å². The number of para-hydroxylation sites is 1. The number of hydrogen-bond acceptors (Lipinski definition) is 3. The second kappa shape index (κ2) is 8.27. The number of rotatable bonds is 4. The summed E-state index contributed by atoms with van der Waals surface area (Å²) in [4.78, 5) is 27.5. The summed E-state index contributed by atoms with van der Waals surface area (Å²) in [6.45, 7) is 6.12. The van der Waals surface area contributed by atoms with E-state index in [0.717, 1.165) is 16.5 Å². The molecule has 0 bridgehead atoms. The Morgan fingerprint density at radius 2 is 1.64 bits per heavy atom. The molecular weight excluding hydrogens is 354 g/mol. The standard InChI is InChI=1S/C21H23N3O3.CH4/c1-21(2,3)18(13-8-10-14(11-9-13)19(25)24-27)23-20(26)17-12-15-6-4-5-7-16(15)22-17;/h4-12,18,22,27H,1-3H3,(H,23,26)(H,24,25);1H4. The van der Waals surface area contributed by atoms with E-state index in [4.69, 9.17) is 5.21 Å². The number of aromatic nitrogens is 1. The first-order valence-electron chi connectivity index (χ1n) is 8.72. The number of carbonyl (C=O) groups excluding carboxylic acids is 2. The fourth-order valence-corrected chi connectivity index (χ4v) is 3.10. The van der Waals surface area contributed by atoms with Crippen LogP contribution in [0.4, 0.5) is 0 Å². The highest BCUT2D eigenvalue weighted by Crippen LogP contribution is 2.33. The first-order valence-corrected chi connectivity index (χ1v) is 8.72. The summed E-state index contributed by atoms with van der Waals surface area (Å²) in [5.74, 6) is -0.765. The molecule has 1 heterocycles. The number of fused-ring (bicyclic) bond motifs is 1. The van der Waals surface area contributed by atoms with Crippen molar-refractivity contribution in [2.45, 2.75) is 34.2 Å². The van der Waals surface area contributed by atoms with Gasteiger partial charge in [0.25, 0.3) is 11.8 Å². The lowest BCUT2D eigenvalue weighted by molar-refractivity contribution is 0.0706. The molecule has 0 radical (unpaired) electrons. The van der Waals surface area contributed by atoms with Crippen molar-refractivity contribution in [1.82, 2.24) is 15.8 Å². The summed E-state index contributed by atoms with van der Waals surface area (Å²) in [5.41, 5.74) is 4.00. The second-order valence-corrected chi connectivity index (χ2v) is 7.61. The van der Waals surface area contributed by atoms with Crippen LogP contribution in [0.1, 0.15) is 60.6 Å². The van der Waals surface area contributed by atoms with Gasteiger partial charge in [-0.3, -0.25) is 14.8 Å². The van der Waals surface area contributed by atoms with Crippen LogP contribution >= 0.6 is 0 Å². The molecule has 2 aromatic carbocycles. The first kappa shape index (κ1) is 21.2. The maximum atomic E-state index is 12.8. The van der Waals surface area contributed by atoms with Gasteiger partial charge in [-0.2, -0.15) is 0 Å². The minimum Gasteiger partial charge on any atom is -0.351 e. The third-order valence-corrected chi connectivity index (χ3v) is 4.52. The highest BCUT2D eigenvalue weighted by Gasteiger charge is 2.28. The van der Waals surface area contributed by atoms with Crippen molar-refractivity contribution in [3.8, 4) is 0 Å². The fourth-order valence-electron chi connectivity index (χ4n) is 3.10. The largest absolute Gasteiger partial charge is 0.351 e. The van der Waals surface area contributed by atoms with Crippen molar-refractivity contribution in [3.63, 3.8) is 0 Å². The molecule has 3 rings (SSSR count). The average molecular weight is 381 g/mol. The van der Waals surface area contributed by atoms with Crippen molar-refractivity contribution >= 4 is 22.7 Å². The quantitative estimate of drug-likeness (QED) is 0.397. The van der Waals surface area contributed by atoms with Crippen LogP contribution in [-0.2, 0) is 0 Å². The molecule has 1 aromatic heterocycles. The molecule has 1 unspecified atom stereocenters. The first-order chi connectivity index (χ1) is 12.8. The van der Waals surface area contributed by atoms with Gasteiger partial charge in [-0.15, -0.1) is 0 Å². The summed E-state index contributed by atoms with van der Waals surface area (Å²) in [5, 5.41) is 12.8. The van der Waals surface area contributed by atoms with Gasteiger partial charge in [-0.05, 0) is 35.2 Å². The Hall–Kier alpha value is -3.12. The summed E-state index contributed by atoms with van der Waals surface area (Å²) in [7, 11) is 0. The molecular formula is C22H27N3O3. The van der Waals surface area contributed by atoms with Crippen molar-refractivity contribution in [2.75, 3.05) is 0 Å². The number of nitrogens with one attached hydrogen (secondary N) is 3. The summed E-state index contributed by atoms with van der Waals surface area (Å²) in [6, 6.07) is 16.1. The lowest BCUT2D eigenvalue weighted by Gasteiger charge is -2.32. The van der Waals surface area contributed by atoms with Crippen molar-refractivity contribution < 1.29 is 14.8 Å². The van der Waals surface area contributed by atoms with E-state index in [-0.39, 0.29) is 24.8 Å². The van der Waals surface area contributed by atoms with E-state index in [1.165, 1.54) is 0 Å². The van der Waals surface area contributed by atoms with Crippen molar-refractivity contribution in [3.05, 3.63) is 71.4 Å². The summed E-state index contributed by atoms with van der Waals surface area (Å²) in [6.07, 6.45) is 0. The van der Waals surface area contributed by atoms with Gasteiger partial charge in [-0.25, -0.2) is 5.48 Å². The molecule has 0 spiro atoms. The van der Waals surface area contributed by atoms with E-state index in [1.54, 1.807) is 29.7 Å². The molecule has 0 saturated carbocycles. The maximum Gasteiger partial charge on any atom is 0.274 e. The van der Waals surface area contributed by atoms with Gasteiger partial charge in [0.15, 0.2) is 0 Å². The number of aromatic amines is 1. The van der Waals surface area contributed by atoms with Crippen LogP contribution in [-0.4, -0.2) is 22.0 Å². The minimum atomic E-state index is -0.573. The number of carbonyl (C=O) groups is 2. The zero-order valence-corrected chi connectivity index (χ0v) is 15.5. The predicted molar refractivity (Wildman–Crippen MR) is 110 cm³/mol. The molecule has 4 N–H and O–H groups in total. The van der Waals surface area contributed by atoms with Crippen LogP contribution in [0.25, 0.3) is 10.9 Å². The molecule has 6 nitrogen and oxygen atoms in total. The maximum absolute atomic E-state index is 12.8. The van der Waals surface area contributed by atoms with Crippen LogP contribution in [0.2, 0.25) is 0 Å². The van der Waals surface area contributed by atoms with Crippen molar-refractivity contribution in [1.29, 1.82) is 0 Å². The Labute approximate surface area is 164 Å². The predicted octanol–water partition coefficient (Wildman–Crippen LogP) is 4.44. The molecule has 1 atom stereocenters. The number of H-pyrrole nitrogens is 1. The van der Waals surface area contributed by atoms with Gasteiger partial charge in [0.05, 0.1) is 6.04 Å². The smallest absolute Gasteiger partial charge is 0.274 e. The zero-order chi connectivity index (χ0) is 19.6. The summed E-state index contributed by atoms with van der Waals surface area (Å²) >= 11 is 0. The topological polar surface area (TPSA) is 94.2 Å². The lowest BCUT2D eigenvalue weighted by Crippen LogP contribution is -2.36. The normalized spacial score (nSPS) is 12.1. The lowest BCUT2D eigenvalue weighted by atomic mass is 9.82. The van der Waals surface area contributed by atoms with Gasteiger partial charge < -0.3 is 10.3 Å². The van der Waals surface area contributed by atoms with E-state index in [2.05, 4.69) is 10.3 Å². The monoisotopic (exact) mass is 381 g/mol. The molecule has 28 heavy (non-hydrogen) atoms. The van der Waals surface area contributed by atoms with Crippen LogP contribution < -0.4 is 10.8 Å². The van der Waals surface area contributed by atoms with Crippen LogP contribution in [0.5, 0.6) is 0 Å². The third-order valence-electron chi connectivity index (χ3n) is 4.52. The van der Waals surface area contributed by atoms with Gasteiger partial charge in [-0.1, -0.05) is 58.5 Å². The molecule has 2 amide bonds. The zero-order valence-electron chi connectivity index (χ0n) is 15.5. The molecule has 148 valence electrons. The average Bonchev–Trinajstić information content (AvgIpc) is 3.09. The molecule has 3 aromatic rings. The number of benzene rings is 2. The van der Waals surface area contributed by atoms with E-state index >= 15 is 0 Å². The van der Waals surface area contributed by atoms with E-state index < -0.39 is 5.91 Å². The Morgan fingerprint density at radius 3 is 2.21 bits per heavy atom. The van der Waals surface area contributed by atoms with E-state index in [9.17, 15) is 9.59 Å². The number of hydrogen-bond donors (Lipinski definition) is 4.